The Morgan fingerprint density at radius 2 is 1.30 bits per heavy atom. The largest absolute Gasteiger partial charge is 0.481 e. The molecule has 0 aromatic carbocycles. The molecule has 13 nitrogen and oxygen atoms in total. The third-order valence-corrected chi connectivity index (χ3v) is 3.84. The van der Waals surface area contributed by atoms with Crippen LogP contribution in [-0.2, 0) is 28.8 Å². The lowest BCUT2D eigenvalue weighted by atomic mass is 10.0. The second kappa shape index (κ2) is 12.4. The molecule has 4 unspecified atom stereocenters. The molecule has 0 saturated heterocycles. The molecule has 0 aliphatic rings. The van der Waals surface area contributed by atoms with E-state index < -0.39 is 72.6 Å². The van der Waals surface area contributed by atoms with Crippen LogP contribution in [0.3, 0.4) is 0 Å². The summed E-state index contributed by atoms with van der Waals surface area (Å²) >= 11 is 0. The zero-order valence-electron chi connectivity index (χ0n) is 17.0. The van der Waals surface area contributed by atoms with Gasteiger partial charge in [-0.15, -0.1) is 0 Å². The van der Waals surface area contributed by atoms with Crippen molar-refractivity contribution in [3.05, 3.63) is 0 Å². The Bertz CT molecular complexity index is 681. The minimum absolute atomic E-state index is 0.0747. The zero-order valence-corrected chi connectivity index (χ0v) is 17.0. The molecule has 13 heteroatoms. The van der Waals surface area contributed by atoms with Crippen LogP contribution in [0.4, 0.5) is 0 Å². The van der Waals surface area contributed by atoms with E-state index in [2.05, 4.69) is 16.0 Å². The summed E-state index contributed by atoms with van der Waals surface area (Å²) in [6, 6.07) is -5.34. The molecule has 0 aliphatic carbocycles. The van der Waals surface area contributed by atoms with Crippen LogP contribution >= 0.6 is 0 Å². The molecule has 0 aromatic rings. The van der Waals surface area contributed by atoms with Gasteiger partial charge < -0.3 is 37.6 Å². The van der Waals surface area contributed by atoms with E-state index in [0.29, 0.717) is 0 Å². The van der Waals surface area contributed by atoms with Gasteiger partial charge in [-0.3, -0.25) is 28.8 Å². The van der Waals surface area contributed by atoms with Crippen molar-refractivity contribution in [1.82, 2.24) is 16.0 Å². The number of carbonyl (C=O) groups excluding carboxylic acids is 4. The summed E-state index contributed by atoms with van der Waals surface area (Å²) in [6.45, 7) is 4.77. The van der Waals surface area contributed by atoms with E-state index in [9.17, 15) is 28.8 Å². The lowest BCUT2D eigenvalue weighted by Gasteiger charge is -2.25. The minimum Gasteiger partial charge on any atom is -0.481 e. The number of carboxylic acid groups (broad SMARTS) is 2. The van der Waals surface area contributed by atoms with Crippen molar-refractivity contribution >= 4 is 35.6 Å². The van der Waals surface area contributed by atoms with Gasteiger partial charge in [0.1, 0.15) is 18.1 Å². The molecule has 0 fully saturated rings. The van der Waals surface area contributed by atoms with Crippen LogP contribution in [0.5, 0.6) is 0 Å². The third kappa shape index (κ3) is 10.4. The highest BCUT2D eigenvalue weighted by molar-refractivity contribution is 5.96. The van der Waals surface area contributed by atoms with Crippen molar-refractivity contribution in [3.63, 3.8) is 0 Å². The molecule has 9 N–H and O–H groups in total. The van der Waals surface area contributed by atoms with E-state index in [1.807, 2.05) is 0 Å². The highest BCUT2D eigenvalue weighted by Crippen LogP contribution is 2.07. The molecule has 0 heterocycles. The van der Waals surface area contributed by atoms with E-state index in [1.54, 1.807) is 13.8 Å². The zero-order chi connectivity index (χ0) is 23.6. The van der Waals surface area contributed by atoms with Crippen LogP contribution in [0.1, 0.15) is 40.0 Å². The summed E-state index contributed by atoms with van der Waals surface area (Å²) in [5.74, 6) is -6.32. The van der Waals surface area contributed by atoms with E-state index in [1.165, 1.54) is 6.92 Å². The molecule has 4 amide bonds. The van der Waals surface area contributed by atoms with Crippen molar-refractivity contribution < 1.29 is 39.0 Å². The molecule has 0 aliphatic heterocycles. The maximum absolute atomic E-state index is 12.6. The first-order valence-electron chi connectivity index (χ1n) is 9.14. The third-order valence-electron chi connectivity index (χ3n) is 3.84. The standard InChI is InChI=1S/C17H29N5O8/c1-7(2)4-10(15(27)20-8(3)17(29)30)22-16(28)11(6-12(19)23)21-14(26)9(18)5-13(24)25/h7-11H,4-6,18H2,1-3H3,(H2,19,23)(H,20,27)(H,21,26)(H,22,28)(H,24,25)(H,29,30). The molecule has 0 saturated carbocycles. The molecule has 30 heavy (non-hydrogen) atoms. The van der Waals surface area contributed by atoms with Gasteiger partial charge in [0.2, 0.25) is 23.6 Å². The molecule has 0 rings (SSSR count). The van der Waals surface area contributed by atoms with E-state index in [4.69, 9.17) is 21.7 Å². The number of amides is 4. The van der Waals surface area contributed by atoms with Crippen LogP contribution < -0.4 is 27.4 Å². The topological polar surface area (TPSA) is 231 Å². The number of aliphatic carboxylic acids is 2. The van der Waals surface area contributed by atoms with Crippen LogP contribution in [0.2, 0.25) is 0 Å². The molecule has 170 valence electrons. The van der Waals surface area contributed by atoms with Gasteiger partial charge in [-0.25, -0.2) is 0 Å². The monoisotopic (exact) mass is 431 g/mol. The Morgan fingerprint density at radius 3 is 1.73 bits per heavy atom. The number of rotatable bonds is 13. The molecule has 0 radical (unpaired) electrons. The Labute approximate surface area is 172 Å². The van der Waals surface area contributed by atoms with E-state index >= 15 is 0 Å². The summed E-state index contributed by atoms with van der Waals surface area (Å²) in [6.07, 6.45) is -1.19. The first-order valence-corrected chi connectivity index (χ1v) is 9.14. The highest BCUT2D eigenvalue weighted by Gasteiger charge is 2.31. The van der Waals surface area contributed by atoms with Gasteiger partial charge in [0.05, 0.1) is 18.9 Å². The van der Waals surface area contributed by atoms with Gasteiger partial charge in [0, 0.05) is 0 Å². The number of nitrogens with one attached hydrogen (secondary N) is 3. The summed E-state index contributed by atoms with van der Waals surface area (Å²) in [7, 11) is 0. The summed E-state index contributed by atoms with van der Waals surface area (Å²) in [5, 5.41) is 24.4. The SMILES string of the molecule is CC(C)CC(NC(=O)C(CC(N)=O)NC(=O)C(N)CC(=O)O)C(=O)NC(C)C(=O)O. The molecule has 4 atom stereocenters. The molecule has 0 spiro atoms. The van der Waals surface area contributed by atoms with Crippen molar-refractivity contribution in [3.8, 4) is 0 Å². The lowest BCUT2D eigenvalue weighted by molar-refractivity contribution is -0.142. The number of hydrogen-bond donors (Lipinski definition) is 7. The number of carboxylic acids is 2. The summed E-state index contributed by atoms with van der Waals surface area (Å²) in [5.41, 5.74) is 10.5. The van der Waals surface area contributed by atoms with Crippen LogP contribution in [-0.4, -0.2) is 69.9 Å². The van der Waals surface area contributed by atoms with Crippen LogP contribution in [0.25, 0.3) is 0 Å². The predicted octanol–water partition coefficient (Wildman–Crippen LogP) is -2.73. The second-order valence-corrected chi connectivity index (χ2v) is 7.20. The van der Waals surface area contributed by atoms with Crippen molar-refractivity contribution in [1.29, 1.82) is 0 Å². The van der Waals surface area contributed by atoms with Gasteiger partial charge in [-0.2, -0.15) is 0 Å². The maximum atomic E-state index is 12.6. The fourth-order valence-corrected chi connectivity index (χ4v) is 2.32. The summed E-state index contributed by atoms with van der Waals surface area (Å²) < 4.78 is 0. The fraction of sp³-hybridized carbons (Fsp3) is 0.647. The first-order chi connectivity index (χ1) is 13.7. The predicted molar refractivity (Wildman–Crippen MR) is 103 cm³/mol. The quantitative estimate of drug-likeness (QED) is 0.160. The lowest BCUT2D eigenvalue weighted by Crippen LogP contribution is -2.57. The van der Waals surface area contributed by atoms with Crippen molar-refractivity contribution in [2.45, 2.75) is 64.2 Å². The number of nitrogens with two attached hydrogens (primary N) is 2. The Kier molecular flexibility index (Phi) is 11.0. The second-order valence-electron chi connectivity index (χ2n) is 7.20. The van der Waals surface area contributed by atoms with E-state index in [0.717, 1.165) is 0 Å². The van der Waals surface area contributed by atoms with Gasteiger partial charge in [-0.05, 0) is 19.3 Å². The number of hydrogen-bond acceptors (Lipinski definition) is 7. The first kappa shape index (κ1) is 26.8. The average Bonchev–Trinajstić information content (AvgIpc) is 2.58. The Balaban J connectivity index is 5.38. The van der Waals surface area contributed by atoms with Gasteiger partial charge in [0.25, 0.3) is 0 Å². The summed E-state index contributed by atoms with van der Waals surface area (Å²) in [4.78, 5) is 69.9. The van der Waals surface area contributed by atoms with Gasteiger partial charge in [0.15, 0.2) is 0 Å². The fourth-order valence-electron chi connectivity index (χ4n) is 2.32. The Hall–Kier alpha value is -3.22. The molecular weight excluding hydrogens is 402 g/mol. The maximum Gasteiger partial charge on any atom is 0.325 e. The minimum atomic E-state index is -1.51. The van der Waals surface area contributed by atoms with Gasteiger partial charge in [-0.1, -0.05) is 13.8 Å². The van der Waals surface area contributed by atoms with Gasteiger partial charge >= 0.3 is 11.9 Å². The average molecular weight is 431 g/mol. The highest BCUT2D eigenvalue weighted by atomic mass is 16.4. The smallest absolute Gasteiger partial charge is 0.325 e. The molecule has 0 bridgehead atoms. The van der Waals surface area contributed by atoms with Crippen molar-refractivity contribution in [2.75, 3.05) is 0 Å². The Morgan fingerprint density at radius 1 is 0.800 bits per heavy atom. The normalized spacial score (nSPS) is 14.7. The van der Waals surface area contributed by atoms with Crippen LogP contribution in [0, 0.1) is 5.92 Å². The van der Waals surface area contributed by atoms with Crippen molar-refractivity contribution in [2.24, 2.45) is 17.4 Å². The number of carbonyl (C=O) groups is 6. The number of primary amides is 1. The molecular formula is C17H29N5O8. The molecule has 0 aromatic heterocycles. The van der Waals surface area contributed by atoms with E-state index in [-0.39, 0.29) is 12.3 Å². The van der Waals surface area contributed by atoms with Crippen LogP contribution in [0.15, 0.2) is 0 Å².